The van der Waals surface area contributed by atoms with Crippen molar-refractivity contribution in [3.63, 3.8) is 0 Å². The van der Waals surface area contributed by atoms with Gasteiger partial charge in [0.25, 0.3) is 0 Å². The van der Waals surface area contributed by atoms with Crippen LogP contribution in [0.15, 0.2) is 53.7 Å². The maximum absolute atomic E-state index is 12.1. The number of hydrogen-bond acceptors (Lipinski definition) is 5. The first kappa shape index (κ1) is 22.2. The van der Waals surface area contributed by atoms with E-state index >= 15 is 0 Å². The smallest absolute Gasteiger partial charge is 0.230 e. The van der Waals surface area contributed by atoms with Gasteiger partial charge in [-0.1, -0.05) is 53.7 Å². The molecule has 8 heteroatoms. The quantitative estimate of drug-likeness (QED) is 0.496. The molecule has 1 aromatic heterocycles. The van der Waals surface area contributed by atoms with Crippen LogP contribution in [0.25, 0.3) is 0 Å². The molecule has 3 rings (SSSR count). The first-order valence-electron chi connectivity index (χ1n) is 9.69. The molecule has 1 amide bonds. The highest BCUT2D eigenvalue weighted by molar-refractivity contribution is 7.99. The van der Waals surface area contributed by atoms with E-state index in [1.165, 1.54) is 17.3 Å². The fourth-order valence-electron chi connectivity index (χ4n) is 2.97. The minimum atomic E-state index is -0.295. The number of carbonyl (C=O) groups is 1. The highest BCUT2D eigenvalue weighted by atomic mass is 35.5. The van der Waals surface area contributed by atoms with Crippen molar-refractivity contribution in [3.8, 4) is 5.75 Å². The molecular weight excluding hydrogens is 420 g/mol. The van der Waals surface area contributed by atoms with Crippen LogP contribution in [-0.2, 0) is 18.3 Å². The number of carbonyl (C=O) groups excluding carboxylic acids is 1. The molecule has 0 radical (unpaired) electrons. The number of hydrogen-bond donors (Lipinski definition) is 1. The zero-order valence-corrected chi connectivity index (χ0v) is 18.8. The Kier molecular flexibility index (Phi) is 7.76. The number of halogens is 1. The number of nitrogens with one attached hydrogen (secondary N) is 1. The summed E-state index contributed by atoms with van der Waals surface area (Å²) in [5.74, 6) is 1.70. The molecule has 0 aliphatic heterocycles. The Balaban J connectivity index is 1.50. The van der Waals surface area contributed by atoms with Crippen LogP contribution in [-0.4, -0.2) is 33.0 Å². The topological polar surface area (TPSA) is 69.0 Å². The molecule has 1 atom stereocenters. The average molecular weight is 445 g/mol. The predicted octanol–water partition coefficient (Wildman–Crippen LogP) is 4.37. The van der Waals surface area contributed by atoms with Crippen LogP contribution in [0.3, 0.4) is 0 Å². The number of aryl methyl sites for hydroxylation is 1. The third-order valence-corrected chi connectivity index (χ3v) is 5.84. The van der Waals surface area contributed by atoms with Gasteiger partial charge in [-0.3, -0.25) is 4.79 Å². The normalized spacial score (nSPS) is 11.9. The molecule has 0 saturated heterocycles. The molecule has 0 aliphatic rings. The molecule has 0 fully saturated rings. The Bertz CT molecular complexity index is 994. The van der Waals surface area contributed by atoms with Crippen molar-refractivity contribution < 1.29 is 9.53 Å². The van der Waals surface area contributed by atoms with Gasteiger partial charge in [0.05, 0.1) is 5.75 Å². The van der Waals surface area contributed by atoms with E-state index in [-0.39, 0.29) is 17.8 Å². The van der Waals surface area contributed by atoms with Crippen molar-refractivity contribution in [1.82, 2.24) is 20.1 Å². The largest absolute Gasteiger partial charge is 0.482 e. The summed E-state index contributed by atoms with van der Waals surface area (Å²) in [4.78, 5) is 12.1. The lowest BCUT2D eigenvalue weighted by molar-refractivity contribution is -0.118. The zero-order valence-electron chi connectivity index (χ0n) is 17.3. The lowest BCUT2D eigenvalue weighted by Gasteiger charge is -2.16. The summed E-state index contributed by atoms with van der Waals surface area (Å²) in [6, 6.07) is 15.6. The number of thioether (sulfide) groups is 1. The minimum absolute atomic E-state index is 0.0263. The Labute approximate surface area is 186 Å². The molecule has 0 saturated carbocycles. The summed E-state index contributed by atoms with van der Waals surface area (Å²) in [7, 11) is 1.87. The van der Waals surface area contributed by atoms with Crippen LogP contribution >= 0.6 is 23.4 Å². The molecule has 1 N–H and O–H groups in total. The molecule has 2 aromatic carbocycles. The standard InChI is InChI=1S/C22H25ClN4O2S/c1-15-13-18(23)9-10-19(15)29-16(2)21-25-26-22(27(21)3)30-14-20(28)24-12-11-17-7-5-4-6-8-17/h4-10,13,16H,11-12,14H2,1-3H3,(H,24,28). The summed E-state index contributed by atoms with van der Waals surface area (Å²) in [6.45, 7) is 4.48. The number of amides is 1. The number of ether oxygens (including phenoxy) is 1. The van der Waals surface area contributed by atoms with Gasteiger partial charge >= 0.3 is 0 Å². The number of rotatable bonds is 9. The van der Waals surface area contributed by atoms with Crippen molar-refractivity contribution >= 4 is 29.3 Å². The first-order chi connectivity index (χ1) is 14.4. The van der Waals surface area contributed by atoms with Crippen LogP contribution in [0.1, 0.15) is 30.0 Å². The highest BCUT2D eigenvalue weighted by Crippen LogP contribution is 2.27. The average Bonchev–Trinajstić information content (AvgIpc) is 3.10. The van der Waals surface area contributed by atoms with Gasteiger partial charge < -0.3 is 14.6 Å². The lowest BCUT2D eigenvalue weighted by Crippen LogP contribution is -2.27. The Morgan fingerprint density at radius 2 is 2.00 bits per heavy atom. The zero-order chi connectivity index (χ0) is 21.5. The Morgan fingerprint density at radius 1 is 1.23 bits per heavy atom. The molecule has 6 nitrogen and oxygen atoms in total. The summed E-state index contributed by atoms with van der Waals surface area (Å²) in [5.41, 5.74) is 2.16. The van der Waals surface area contributed by atoms with E-state index < -0.39 is 0 Å². The van der Waals surface area contributed by atoms with E-state index in [2.05, 4.69) is 27.6 Å². The van der Waals surface area contributed by atoms with Crippen LogP contribution < -0.4 is 10.1 Å². The summed E-state index contributed by atoms with van der Waals surface area (Å²) >= 11 is 7.36. The van der Waals surface area contributed by atoms with E-state index in [1.54, 1.807) is 6.07 Å². The van der Waals surface area contributed by atoms with Crippen molar-refractivity contribution in [1.29, 1.82) is 0 Å². The number of aromatic nitrogens is 3. The monoisotopic (exact) mass is 444 g/mol. The van der Waals surface area contributed by atoms with Gasteiger partial charge in [-0.05, 0) is 49.6 Å². The molecule has 158 valence electrons. The van der Waals surface area contributed by atoms with Gasteiger partial charge in [0, 0.05) is 18.6 Å². The molecule has 30 heavy (non-hydrogen) atoms. The molecular formula is C22H25ClN4O2S. The highest BCUT2D eigenvalue weighted by Gasteiger charge is 2.18. The second-order valence-electron chi connectivity index (χ2n) is 6.94. The maximum Gasteiger partial charge on any atom is 0.230 e. The second-order valence-corrected chi connectivity index (χ2v) is 8.32. The van der Waals surface area contributed by atoms with Crippen molar-refractivity contribution in [2.24, 2.45) is 7.05 Å². The summed E-state index contributed by atoms with van der Waals surface area (Å²) in [6.07, 6.45) is 0.515. The van der Waals surface area contributed by atoms with E-state index in [0.29, 0.717) is 22.5 Å². The fraction of sp³-hybridized carbons (Fsp3) is 0.318. The lowest BCUT2D eigenvalue weighted by atomic mass is 10.1. The van der Waals surface area contributed by atoms with E-state index in [4.69, 9.17) is 16.3 Å². The van der Waals surface area contributed by atoms with E-state index in [9.17, 15) is 4.79 Å². The van der Waals surface area contributed by atoms with E-state index in [1.807, 2.05) is 55.8 Å². The van der Waals surface area contributed by atoms with Gasteiger partial charge in [0.2, 0.25) is 5.91 Å². The van der Waals surface area contributed by atoms with Crippen molar-refractivity contribution in [3.05, 3.63) is 70.5 Å². The second kappa shape index (κ2) is 10.5. The Hall–Kier alpha value is -2.51. The SMILES string of the molecule is Cc1cc(Cl)ccc1OC(C)c1nnc(SCC(=O)NCCc2ccccc2)n1C. The fourth-order valence-corrected chi connectivity index (χ4v) is 3.94. The van der Waals surface area contributed by atoms with Gasteiger partial charge in [0.1, 0.15) is 5.75 Å². The molecule has 1 heterocycles. The van der Waals surface area contributed by atoms with Crippen LogP contribution in [0, 0.1) is 6.92 Å². The van der Waals surface area contributed by atoms with Gasteiger partial charge in [0.15, 0.2) is 17.1 Å². The van der Waals surface area contributed by atoms with Crippen molar-refractivity contribution in [2.75, 3.05) is 12.3 Å². The molecule has 1 unspecified atom stereocenters. The minimum Gasteiger partial charge on any atom is -0.482 e. The molecule has 3 aromatic rings. The third-order valence-electron chi connectivity index (χ3n) is 4.58. The van der Waals surface area contributed by atoms with Gasteiger partial charge in [-0.25, -0.2) is 0 Å². The van der Waals surface area contributed by atoms with Crippen molar-refractivity contribution in [2.45, 2.75) is 31.5 Å². The van der Waals surface area contributed by atoms with Crippen LogP contribution in [0.4, 0.5) is 0 Å². The maximum atomic E-state index is 12.1. The van der Waals surface area contributed by atoms with Gasteiger partial charge in [-0.15, -0.1) is 10.2 Å². The van der Waals surface area contributed by atoms with Gasteiger partial charge in [-0.2, -0.15) is 0 Å². The molecule has 0 bridgehead atoms. The van der Waals surface area contributed by atoms with Crippen LogP contribution in [0.5, 0.6) is 5.75 Å². The molecule has 0 spiro atoms. The predicted molar refractivity (Wildman–Crippen MR) is 120 cm³/mol. The number of nitrogens with zero attached hydrogens (tertiary/aromatic N) is 3. The summed E-state index contributed by atoms with van der Waals surface area (Å²) < 4.78 is 7.89. The van der Waals surface area contributed by atoms with E-state index in [0.717, 1.165) is 17.7 Å². The number of benzene rings is 2. The summed E-state index contributed by atoms with van der Waals surface area (Å²) in [5, 5.41) is 12.7. The Morgan fingerprint density at radius 3 is 2.73 bits per heavy atom. The third kappa shape index (κ3) is 6.00. The first-order valence-corrected chi connectivity index (χ1v) is 11.1. The van der Waals surface area contributed by atoms with Crippen LogP contribution in [0.2, 0.25) is 5.02 Å². The molecule has 0 aliphatic carbocycles.